The van der Waals surface area contributed by atoms with E-state index in [1.54, 1.807) is 24.4 Å². The molecule has 0 spiro atoms. The number of benzene rings is 1. The zero-order valence-electron chi connectivity index (χ0n) is 13.4. The fraction of sp³-hybridized carbons (Fsp3) is 0.176. The summed E-state index contributed by atoms with van der Waals surface area (Å²) in [5.74, 6) is -1.05. The van der Waals surface area contributed by atoms with Gasteiger partial charge in [0.05, 0.1) is 22.8 Å². The molecule has 0 radical (unpaired) electrons. The van der Waals surface area contributed by atoms with Crippen LogP contribution < -0.4 is 5.32 Å². The van der Waals surface area contributed by atoms with Crippen molar-refractivity contribution in [2.45, 2.75) is 18.9 Å². The Kier molecular flexibility index (Phi) is 4.58. The van der Waals surface area contributed by atoms with Gasteiger partial charge in [0, 0.05) is 23.9 Å². The van der Waals surface area contributed by atoms with E-state index >= 15 is 0 Å². The number of aromatic nitrogens is 2. The Morgan fingerprint density at radius 3 is 2.22 bits per heavy atom. The molecule has 4 nitrogen and oxygen atoms in total. The predicted molar refractivity (Wildman–Crippen MR) is 82.8 cm³/mol. The van der Waals surface area contributed by atoms with Gasteiger partial charge in [-0.3, -0.25) is 4.79 Å². The molecule has 0 aliphatic rings. The summed E-state index contributed by atoms with van der Waals surface area (Å²) in [6.45, 7) is -0.107. The van der Waals surface area contributed by atoms with Gasteiger partial charge < -0.3 is 5.32 Å². The normalized spacial score (nSPS) is 12.4. The van der Waals surface area contributed by atoms with Crippen LogP contribution in [0.3, 0.4) is 0 Å². The van der Waals surface area contributed by atoms with Gasteiger partial charge in [0.15, 0.2) is 0 Å². The Hall–Kier alpha value is -3.04. The van der Waals surface area contributed by atoms with E-state index in [1.165, 1.54) is 10.7 Å². The molecule has 1 aromatic carbocycles. The van der Waals surface area contributed by atoms with E-state index in [0.717, 1.165) is 0 Å². The molecule has 27 heavy (non-hydrogen) atoms. The second kappa shape index (κ2) is 6.60. The number of rotatable bonds is 3. The molecular weight excluding hydrogens is 376 g/mol. The minimum absolute atomic E-state index is 0.0258. The number of hydrogen-bond donors (Lipinski definition) is 1. The molecule has 10 heteroatoms. The van der Waals surface area contributed by atoms with Crippen LogP contribution in [-0.2, 0) is 18.9 Å². The van der Waals surface area contributed by atoms with Crippen LogP contribution in [0.2, 0.25) is 0 Å². The van der Waals surface area contributed by atoms with Gasteiger partial charge >= 0.3 is 12.4 Å². The lowest BCUT2D eigenvalue weighted by atomic mass is 10.0. The summed E-state index contributed by atoms with van der Waals surface area (Å²) >= 11 is 0. The van der Waals surface area contributed by atoms with E-state index in [-0.39, 0.29) is 12.6 Å². The molecule has 2 aromatic heterocycles. The molecule has 1 N–H and O–H groups in total. The molecule has 0 saturated carbocycles. The van der Waals surface area contributed by atoms with Crippen LogP contribution in [-0.4, -0.2) is 15.5 Å². The van der Waals surface area contributed by atoms with Crippen LogP contribution in [0, 0.1) is 0 Å². The number of carbonyl (C=O) groups is 1. The Bertz CT molecular complexity index is 958. The van der Waals surface area contributed by atoms with E-state index in [1.807, 2.05) is 0 Å². The average molecular weight is 387 g/mol. The minimum atomic E-state index is -5.02. The maximum Gasteiger partial charge on any atom is 0.416 e. The molecule has 1 amide bonds. The van der Waals surface area contributed by atoms with Gasteiger partial charge in [0.2, 0.25) is 0 Å². The monoisotopic (exact) mass is 387 g/mol. The van der Waals surface area contributed by atoms with Gasteiger partial charge in [0.25, 0.3) is 5.91 Å². The lowest BCUT2D eigenvalue weighted by molar-refractivity contribution is -0.143. The molecular formula is C17H11F6N3O. The van der Waals surface area contributed by atoms with Crippen molar-refractivity contribution in [1.29, 1.82) is 0 Å². The number of pyridine rings is 1. The number of alkyl halides is 6. The quantitative estimate of drug-likeness (QED) is 0.681. The molecule has 2 heterocycles. The third-order valence-corrected chi connectivity index (χ3v) is 3.80. The number of nitrogens with zero attached hydrogens (tertiary/aromatic N) is 2. The number of nitrogens with one attached hydrogen (secondary N) is 1. The van der Waals surface area contributed by atoms with E-state index in [0.29, 0.717) is 23.2 Å². The third-order valence-electron chi connectivity index (χ3n) is 3.80. The molecule has 0 atom stereocenters. The second-order valence-corrected chi connectivity index (χ2v) is 5.68. The van der Waals surface area contributed by atoms with Crippen LogP contribution in [0.5, 0.6) is 0 Å². The van der Waals surface area contributed by atoms with Crippen LogP contribution in [0.1, 0.15) is 27.0 Å². The standard InChI is InChI=1S/C17H11F6N3O/c18-16(19,20)12-5-10(6-13(7-12)17(21,22)23)15(27)24-8-11-9-25-26-4-2-1-3-14(11)26/h1-7,9H,8H2,(H,24,27). The van der Waals surface area contributed by atoms with E-state index in [4.69, 9.17) is 0 Å². The maximum absolute atomic E-state index is 12.9. The van der Waals surface area contributed by atoms with Crippen LogP contribution >= 0.6 is 0 Å². The van der Waals surface area contributed by atoms with Crippen molar-refractivity contribution in [3.05, 3.63) is 71.0 Å². The van der Waals surface area contributed by atoms with Gasteiger partial charge in [-0.1, -0.05) is 6.07 Å². The Morgan fingerprint density at radius 2 is 1.63 bits per heavy atom. The van der Waals surface area contributed by atoms with Crippen LogP contribution in [0.4, 0.5) is 26.3 Å². The predicted octanol–water partition coefficient (Wildman–Crippen LogP) is 4.30. The molecule has 0 fully saturated rings. The zero-order valence-corrected chi connectivity index (χ0v) is 13.4. The largest absolute Gasteiger partial charge is 0.416 e. The number of halogens is 6. The first kappa shape index (κ1) is 18.7. The van der Waals surface area contributed by atoms with Gasteiger partial charge in [-0.2, -0.15) is 31.4 Å². The molecule has 0 aliphatic carbocycles. The van der Waals surface area contributed by atoms with Crippen LogP contribution in [0.25, 0.3) is 5.52 Å². The van der Waals surface area contributed by atoms with Crippen molar-refractivity contribution in [2.24, 2.45) is 0 Å². The first-order valence-corrected chi connectivity index (χ1v) is 7.54. The van der Waals surface area contributed by atoms with E-state index in [9.17, 15) is 31.1 Å². The number of fused-ring (bicyclic) bond motifs is 1. The molecule has 142 valence electrons. The number of carbonyl (C=O) groups excluding carboxylic acids is 1. The molecule has 0 unspecified atom stereocenters. The SMILES string of the molecule is O=C(NCc1cnn2ccccc12)c1cc(C(F)(F)F)cc(C(F)(F)F)c1. The molecule has 3 aromatic rings. The van der Waals surface area contributed by atoms with Crippen molar-refractivity contribution in [3.63, 3.8) is 0 Å². The fourth-order valence-corrected chi connectivity index (χ4v) is 2.49. The van der Waals surface area contributed by atoms with Gasteiger partial charge in [-0.25, -0.2) is 4.52 Å². The third kappa shape index (κ3) is 4.04. The second-order valence-electron chi connectivity index (χ2n) is 5.68. The Labute approximate surface area is 148 Å². The highest BCUT2D eigenvalue weighted by Gasteiger charge is 2.37. The van der Waals surface area contributed by atoms with Crippen LogP contribution in [0.15, 0.2) is 48.8 Å². The van der Waals surface area contributed by atoms with Crippen molar-refractivity contribution >= 4 is 11.4 Å². The smallest absolute Gasteiger partial charge is 0.348 e. The first-order chi connectivity index (χ1) is 12.6. The lowest BCUT2D eigenvalue weighted by Gasteiger charge is -2.14. The topological polar surface area (TPSA) is 46.4 Å². The van der Waals surface area contributed by atoms with Crippen molar-refractivity contribution in [3.8, 4) is 0 Å². The Morgan fingerprint density at radius 1 is 1.00 bits per heavy atom. The Balaban J connectivity index is 1.87. The molecule has 0 saturated heterocycles. The summed E-state index contributed by atoms with van der Waals surface area (Å²) < 4.78 is 78.8. The minimum Gasteiger partial charge on any atom is -0.348 e. The van der Waals surface area contributed by atoms with Crippen molar-refractivity contribution in [1.82, 2.24) is 14.9 Å². The van der Waals surface area contributed by atoms with Gasteiger partial charge in [-0.15, -0.1) is 0 Å². The summed E-state index contributed by atoms with van der Waals surface area (Å²) in [5.41, 5.74) is -2.60. The van der Waals surface area contributed by atoms with E-state index in [2.05, 4.69) is 10.4 Å². The summed E-state index contributed by atoms with van der Waals surface area (Å²) in [6.07, 6.45) is -6.93. The summed E-state index contributed by atoms with van der Waals surface area (Å²) in [6, 6.07) is 5.92. The van der Waals surface area contributed by atoms with Gasteiger partial charge in [-0.05, 0) is 30.3 Å². The molecule has 0 bridgehead atoms. The highest BCUT2D eigenvalue weighted by Crippen LogP contribution is 2.36. The molecule has 3 rings (SSSR count). The lowest BCUT2D eigenvalue weighted by Crippen LogP contribution is -2.24. The number of hydrogen-bond acceptors (Lipinski definition) is 2. The van der Waals surface area contributed by atoms with E-state index < -0.39 is 35.0 Å². The summed E-state index contributed by atoms with van der Waals surface area (Å²) in [5, 5.41) is 6.35. The maximum atomic E-state index is 12.9. The summed E-state index contributed by atoms with van der Waals surface area (Å²) in [4.78, 5) is 12.2. The highest BCUT2D eigenvalue weighted by molar-refractivity contribution is 5.94. The first-order valence-electron chi connectivity index (χ1n) is 7.54. The van der Waals surface area contributed by atoms with Crippen molar-refractivity contribution in [2.75, 3.05) is 0 Å². The average Bonchev–Trinajstić information content (AvgIpc) is 3.01. The highest BCUT2D eigenvalue weighted by atomic mass is 19.4. The fourth-order valence-electron chi connectivity index (χ4n) is 2.49. The van der Waals surface area contributed by atoms with Crippen molar-refractivity contribution < 1.29 is 31.1 Å². The zero-order chi connectivity index (χ0) is 19.8. The molecule has 0 aliphatic heterocycles. The van der Waals surface area contributed by atoms with Gasteiger partial charge in [0.1, 0.15) is 0 Å². The summed E-state index contributed by atoms with van der Waals surface area (Å²) in [7, 11) is 0. The number of amides is 1.